The third-order valence-electron chi connectivity index (χ3n) is 6.06. The lowest BCUT2D eigenvalue weighted by Gasteiger charge is -2.40. The molecule has 1 fully saturated rings. The average Bonchev–Trinajstić information content (AvgIpc) is 3.24. The van der Waals surface area contributed by atoms with E-state index in [2.05, 4.69) is 5.32 Å². The number of benzene rings is 2. The Morgan fingerprint density at radius 3 is 2.45 bits per heavy atom. The van der Waals surface area contributed by atoms with Crippen molar-refractivity contribution in [1.29, 1.82) is 0 Å². The number of anilines is 1. The molecule has 2 aromatic carbocycles. The van der Waals surface area contributed by atoms with Crippen LogP contribution >= 0.6 is 0 Å². The molecule has 5 rings (SSSR count). The Morgan fingerprint density at radius 1 is 1.00 bits per heavy atom. The van der Waals surface area contributed by atoms with Gasteiger partial charge in [-0.2, -0.15) is 0 Å². The van der Waals surface area contributed by atoms with Crippen LogP contribution in [0.1, 0.15) is 45.3 Å². The maximum absolute atomic E-state index is 13.3. The Balaban J connectivity index is 1.41. The van der Waals surface area contributed by atoms with Crippen LogP contribution in [0.5, 0.6) is 0 Å². The quantitative estimate of drug-likeness (QED) is 0.778. The van der Waals surface area contributed by atoms with Gasteiger partial charge in [0.05, 0.1) is 22.8 Å². The van der Waals surface area contributed by atoms with Crippen LogP contribution in [0.15, 0.2) is 48.5 Å². The molecule has 3 aliphatic rings. The normalized spacial score (nSPS) is 23.4. The van der Waals surface area contributed by atoms with Crippen molar-refractivity contribution in [1.82, 2.24) is 10.2 Å². The highest BCUT2D eigenvalue weighted by atomic mass is 32.2. The summed E-state index contributed by atoms with van der Waals surface area (Å²) in [5, 5.41) is 2.76. The predicted molar refractivity (Wildman–Crippen MR) is 113 cm³/mol. The highest BCUT2D eigenvalue weighted by Crippen LogP contribution is 2.45. The van der Waals surface area contributed by atoms with E-state index in [9.17, 15) is 22.8 Å². The van der Waals surface area contributed by atoms with Gasteiger partial charge in [0, 0.05) is 30.1 Å². The van der Waals surface area contributed by atoms with Crippen molar-refractivity contribution in [2.75, 3.05) is 23.0 Å². The number of hydrogen-bond donors (Lipinski definition) is 1. The van der Waals surface area contributed by atoms with Crippen molar-refractivity contribution >= 4 is 33.2 Å². The standard InChI is InChI=1S/C22H21N3O5S/c26-19(23-14-10-12-31(29,30)13-14)9-11-24-20-15-5-1-2-6-16(15)22(28)25(20)18-8-4-3-7-17(18)21(24)27/h1-8,14,20H,9-13H2,(H,23,26)/t14-,20+/m1/s1. The maximum Gasteiger partial charge on any atom is 0.260 e. The lowest BCUT2D eigenvalue weighted by Crippen LogP contribution is -2.49. The van der Waals surface area contributed by atoms with Crippen LogP contribution in [-0.4, -0.2) is 55.1 Å². The molecule has 0 aromatic heterocycles. The third kappa shape index (κ3) is 3.29. The molecule has 2 aromatic rings. The molecule has 31 heavy (non-hydrogen) atoms. The van der Waals surface area contributed by atoms with E-state index in [4.69, 9.17) is 0 Å². The first kappa shape index (κ1) is 19.7. The minimum absolute atomic E-state index is 0.0190. The van der Waals surface area contributed by atoms with Gasteiger partial charge in [-0.05, 0) is 24.6 Å². The molecule has 1 N–H and O–H groups in total. The first-order chi connectivity index (χ1) is 14.9. The summed E-state index contributed by atoms with van der Waals surface area (Å²) in [5.41, 5.74) is 2.26. The van der Waals surface area contributed by atoms with Crippen molar-refractivity contribution in [3.8, 4) is 0 Å². The summed E-state index contributed by atoms with van der Waals surface area (Å²) >= 11 is 0. The van der Waals surface area contributed by atoms with Crippen LogP contribution in [-0.2, 0) is 14.6 Å². The summed E-state index contributed by atoms with van der Waals surface area (Å²) in [6.07, 6.45) is -0.182. The number of hydrogen-bond acceptors (Lipinski definition) is 5. The second-order valence-electron chi connectivity index (χ2n) is 8.07. The van der Waals surface area contributed by atoms with Crippen molar-refractivity contribution in [3.63, 3.8) is 0 Å². The molecular formula is C22H21N3O5S. The summed E-state index contributed by atoms with van der Waals surface area (Å²) in [7, 11) is -3.09. The Bertz CT molecular complexity index is 1210. The van der Waals surface area contributed by atoms with Crippen molar-refractivity contribution in [3.05, 3.63) is 65.2 Å². The Kier molecular flexibility index (Phi) is 4.58. The minimum Gasteiger partial charge on any atom is -0.352 e. The number of sulfone groups is 1. The van der Waals surface area contributed by atoms with Gasteiger partial charge < -0.3 is 10.2 Å². The second-order valence-corrected chi connectivity index (χ2v) is 10.3. The lowest BCUT2D eigenvalue weighted by atomic mass is 10.0. The summed E-state index contributed by atoms with van der Waals surface area (Å²) < 4.78 is 23.2. The molecule has 3 amide bonds. The molecule has 2 atom stereocenters. The number of amides is 3. The fraction of sp³-hybridized carbons (Fsp3) is 0.318. The molecule has 3 heterocycles. The molecule has 0 radical (unpaired) electrons. The number of nitrogens with zero attached hydrogens (tertiary/aromatic N) is 2. The first-order valence-electron chi connectivity index (χ1n) is 10.2. The van der Waals surface area contributed by atoms with Crippen LogP contribution in [0, 0.1) is 0 Å². The van der Waals surface area contributed by atoms with E-state index < -0.39 is 16.0 Å². The van der Waals surface area contributed by atoms with E-state index in [0.29, 0.717) is 23.2 Å². The number of rotatable bonds is 4. The van der Waals surface area contributed by atoms with Crippen molar-refractivity contribution < 1.29 is 22.8 Å². The summed E-state index contributed by atoms with van der Waals surface area (Å²) in [6.45, 7) is 0.112. The average molecular weight is 439 g/mol. The predicted octanol–water partition coefficient (Wildman–Crippen LogP) is 1.49. The third-order valence-corrected chi connectivity index (χ3v) is 7.83. The topological polar surface area (TPSA) is 104 Å². The summed E-state index contributed by atoms with van der Waals surface area (Å²) in [6, 6.07) is 13.8. The van der Waals surface area contributed by atoms with Gasteiger partial charge in [0.1, 0.15) is 6.17 Å². The number of para-hydroxylation sites is 1. The van der Waals surface area contributed by atoms with E-state index in [-0.39, 0.29) is 48.2 Å². The fourth-order valence-electron chi connectivity index (χ4n) is 4.63. The van der Waals surface area contributed by atoms with Crippen molar-refractivity contribution in [2.24, 2.45) is 0 Å². The van der Waals surface area contributed by atoms with Crippen molar-refractivity contribution in [2.45, 2.75) is 25.0 Å². The van der Waals surface area contributed by atoms with Gasteiger partial charge in [0.25, 0.3) is 11.8 Å². The SMILES string of the molecule is O=C(CCN1C(=O)c2ccccc2N2C(=O)c3ccccc3[C@@H]12)N[C@@H]1CCS(=O)(=O)C1. The monoisotopic (exact) mass is 439 g/mol. The number of nitrogens with one attached hydrogen (secondary N) is 1. The van der Waals surface area contributed by atoms with Crippen LogP contribution in [0.2, 0.25) is 0 Å². The van der Waals surface area contributed by atoms with E-state index in [1.54, 1.807) is 46.2 Å². The zero-order chi connectivity index (χ0) is 21.8. The number of carbonyl (C=O) groups excluding carboxylic acids is 3. The summed E-state index contributed by atoms with van der Waals surface area (Å²) in [4.78, 5) is 42.1. The lowest BCUT2D eigenvalue weighted by molar-refractivity contribution is -0.121. The van der Waals surface area contributed by atoms with E-state index in [1.807, 2.05) is 12.1 Å². The van der Waals surface area contributed by atoms with Crippen LogP contribution in [0.4, 0.5) is 5.69 Å². The minimum atomic E-state index is -3.09. The fourth-order valence-corrected chi connectivity index (χ4v) is 6.30. The molecule has 0 unspecified atom stereocenters. The highest BCUT2D eigenvalue weighted by Gasteiger charge is 2.47. The highest BCUT2D eigenvalue weighted by molar-refractivity contribution is 7.91. The van der Waals surface area contributed by atoms with Gasteiger partial charge in [-0.3, -0.25) is 19.3 Å². The molecule has 160 valence electrons. The Morgan fingerprint density at radius 2 is 1.71 bits per heavy atom. The first-order valence-corrected chi connectivity index (χ1v) is 12.0. The molecule has 8 nitrogen and oxygen atoms in total. The van der Waals surface area contributed by atoms with Gasteiger partial charge in [0.2, 0.25) is 5.91 Å². The molecule has 3 aliphatic heterocycles. The molecule has 9 heteroatoms. The number of fused-ring (bicyclic) bond motifs is 5. The Labute approximate surface area is 179 Å². The smallest absolute Gasteiger partial charge is 0.260 e. The molecule has 0 aliphatic carbocycles. The largest absolute Gasteiger partial charge is 0.352 e. The van der Waals surface area contributed by atoms with E-state index in [0.717, 1.165) is 5.56 Å². The number of carbonyl (C=O) groups is 3. The molecule has 1 saturated heterocycles. The van der Waals surface area contributed by atoms with Crippen LogP contribution in [0.3, 0.4) is 0 Å². The maximum atomic E-state index is 13.3. The van der Waals surface area contributed by atoms with E-state index >= 15 is 0 Å². The van der Waals surface area contributed by atoms with Crippen LogP contribution < -0.4 is 10.2 Å². The Hall–Kier alpha value is -3.20. The molecule has 0 saturated carbocycles. The van der Waals surface area contributed by atoms with E-state index in [1.165, 1.54) is 0 Å². The summed E-state index contributed by atoms with van der Waals surface area (Å²) in [5.74, 6) is -0.691. The van der Waals surface area contributed by atoms with Gasteiger partial charge in [-0.1, -0.05) is 30.3 Å². The van der Waals surface area contributed by atoms with Gasteiger partial charge in [-0.15, -0.1) is 0 Å². The van der Waals surface area contributed by atoms with Gasteiger partial charge in [0.15, 0.2) is 9.84 Å². The van der Waals surface area contributed by atoms with Gasteiger partial charge in [-0.25, -0.2) is 8.42 Å². The second kappa shape index (κ2) is 7.19. The van der Waals surface area contributed by atoms with Gasteiger partial charge >= 0.3 is 0 Å². The zero-order valence-electron chi connectivity index (χ0n) is 16.7. The molecule has 0 spiro atoms. The molecular weight excluding hydrogens is 418 g/mol. The molecule has 0 bridgehead atoms. The zero-order valence-corrected chi connectivity index (χ0v) is 17.5. The van der Waals surface area contributed by atoms with Crippen LogP contribution in [0.25, 0.3) is 0 Å².